The van der Waals surface area contributed by atoms with Crippen molar-refractivity contribution in [2.75, 3.05) is 14.2 Å². The summed E-state index contributed by atoms with van der Waals surface area (Å²) in [5.74, 6) is -1.64. The summed E-state index contributed by atoms with van der Waals surface area (Å²) in [6, 6.07) is 8.71. The molecule has 0 aliphatic carbocycles. The molecule has 0 radical (unpaired) electrons. The van der Waals surface area contributed by atoms with E-state index in [9.17, 15) is 14.4 Å². The summed E-state index contributed by atoms with van der Waals surface area (Å²) in [5.41, 5.74) is 1.57. The Kier molecular flexibility index (Phi) is 6.32. The van der Waals surface area contributed by atoms with Gasteiger partial charge in [-0.1, -0.05) is 53.0 Å². The number of hydrogen-bond donors (Lipinski definition) is 0. The fourth-order valence-corrected chi connectivity index (χ4v) is 3.86. The molecule has 0 bridgehead atoms. The van der Waals surface area contributed by atoms with Gasteiger partial charge in [-0.05, 0) is 18.2 Å². The third-order valence-electron chi connectivity index (χ3n) is 5.06. The number of methoxy groups -OCH3 is 1. The second kappa shape index (κ2) is 8.46. The SMILES string of the molecule is COC(=O)C1=CN(C)C(CC(=O)c2cc3ccccc3n2C)C(C(=O)C(Cl)(Cl)Cl)=C1. The van der Waals surface area contributed by atoms with Crippen LogP contribution in [0.25, 0.3) is 10.9 Å². The average Bonchev–Trinajstić information content (AvgIpc) is 3.04. The monoisotopic (exact) mass is 468 g/mol. The molecule has 3 rings (SSSR count). The van der Waals surface area contributed by atoms with Crippen molar-refractivity contribution in [3.63, 3.8) is 0 Å². The molecule has 1 aliphatic heterocycles. The number of likely N-dealkylation sites (N-methyl/N-ethyl adjacent to an activating group) is 1. The number of ketones is 2. The highest BCUT2D eigenvalue weighted by atomic mass is 35.6. The molecule has 1 atom stereocenters. The van der Waals surface area contributed by atoms with Crippen LogP contribution in [0.5, 0.6) is 0 Å². The number of rotatable bonds is 5. The van der Waals surface area contributed by atoms with E-state index in [4.69, 9.17) is 39.5 Å². The first kappa shape index (κ1) is 22.4. The van der Waals surface area contributed by atoms with Crippen molar-refractivity contribution in [1.29, 1.82) is 0 Å². The molecule has 0 saturated heterocycles. The maximum Gasteiger partial charge on any atom is 0.339 e. The van der Waals surface area contributed by atoms with Gasteiger partial charge in [0.05, 0.1) is 24.4 Å². The Morgan fingerprint density at radius 2 is 1.80 bits per heavy atom. The van der Waals surface area contributed by atoms with E-state index < -0.39 is 21.6 Å². The van der Waals surface area contributed by atoms with E-state index in [1.165, 1.54) is 19.4 Å². The van der Waals surface area contributed by atoms with Crippen LogP contribution in [0, 0.1) is 0 Å². The number of hydrogen-bond acceptors (Lipinski definition) is 5. The Morgan fingerprint density at radius 1 is 1.13 bits per heavy atom. The Hall–Kier alpha value is -2.28. The minimum absolute atomic E-state index is 0.0486. The Bertz CT molecular complexity index is 1100. The van der Waals surface area contributed by atoms with Gasteiger partial charge in [0.15, 0.2) is 5.78 Å². The number of alkyl halides is 3. The van der Waals surface area contributed by atoms with Gasteiger partial charge in [-0.2, -0.15) is 0 Å². The maximum absolute atomic E-state index is 13.1. The standard InChI is InChI=1S/C21H19Cl3N2O4/c1-25-11-13(20(29)30-3)8-14(19(28)21(22,23)24)16(25)10-18(27)17-9-12-6-4-5-7-15(12)26(17)2/h4-9,11,16H,10H2,1-3H3. The van der Waals surface area contributed by atoms with Crippen molar-refractivity contribution in [1.82, 2.24) is 9.47 Å². The van der Waals surface area contributed by atoms with Crippen LogP contribution in [0.3, 0.4) is 0 Å². The summed E-state index contributed by atoms with van der Waals surface area (Å²) < 4.78 is 4.30. The molecule has 0 fully saturated rings. The lowest BCUT2D eigenvalue weighted by molar-refractivity contribution is -0.135. The Morgan fingerprint density at radius 3 is 2.40 bits per heavy atom. The zero-order chi connectivity index (χ0) is 22.2. The summed E-state index contributed by atoms with van der Waals surface area (Å²) in [6.07, 6.45) is 2.76. The summed E-state index contributed by atoms with van der Waals surface area (Å²) in [7, 11) is 4.67. The molecule has 1 aromatic heterocycles. The van der Waals surface area contributed by atoms with Crippen molar-refractivity contribution in [3.05, 3.63) is 59.4 Å². The van der Waals surface area contributed by atoms with Crippen molar-refractivity contribution < 1.29 is 19.1 Å². The van der Waals surface area contributed by atoms with E-state index in [1.807, 2.05) is 24.3 Å². The zero-order valence-corrected chi connectivity index (χ0v) is 18.8. The van der Waals surface area contributed by atoms with Gasteiger partial charge in [-0.3, -0.25) is 9.59 Å². The number of halogens is 3. The van der Waals surface area contributed by atoms with Crippen molar-refractivity contribution in [3.8, 4) is 0 Å². The molecular formula is C21H19Cl3N2O4. The van der Waals surface area contributed by atoms with Crippen LogP contribution in [-0.4, -0.2) is 51.0 Å². The maximum atomic E-state index is 13.1. The largest absolute Gasteiger partial charge is 0.465 e. The number of aryl methyl sites for hydroxylation is 1. The molecule has 1 aromatic carbocycles. The number of benzene rings is 1. The van der Waals surface area contributed by atoms with Crippen LogP contribution in [0.4, 0.5) is 0 Å². The van der Waals surface area contributed by atoms with Gasteiger partial charge in [-0.15, -0.1) is 0 Å². The predicted molar refractivity (Wildman–Crippen MR) is 117 cm³/mol. The van der Waals surface area contributed by atoms with E-state index >= 15 is 0 Å². The van der Waals surface area contributed by atoms with Crippen molar-refractivity contribution in [2.45, 2.75) is 16.3 Å². The van der Waals surface area contributed by atoms with Gasteiger partial charge in [0.1, 0.15) is 0 Å². The topological polar surface area (TPSA) is 68.6 Å². The van der Waals surface area contributed by atoms with Crippen LogP contribution in [0.2, 0.25) is 0 Å². The molecule has 2 heterocycles. The molecule has 0 spiro atoms. The lowest BCUT2D eigenvalue weighted by Gasteiger charge is -2.33. The molecule has 1 aliphatic rings. The first-order valence-electron chi connectivity index (χ1n) is 8.97. The van der Waals surface area contributed by atoms with E-state index in [0.717, 1.165) is 10.9 Å². The third kappa shape index (κ3) is 4.26. The average molecular weight is 470 g/mol. The molecule has 6 nitrogen and oxygen atoms in total. The minimum Gasteiger partial charge on any atom is -0.465 e. The van der Waals surface area contributed by atoms with Crippen molar-refractivity contribution in [2.24, 2.45) is 7.05 Å². The quantitative estimate of drug-likeness (QED) is 0.376. The van der Waals surface area contributed by atoms with Crippen LogP contribution in [0.1, 0.15) is 16.9 Å². The normalized spacial score (nSPS) is 16.9. The highest BCUT2D eigenvalue weighted by Gasteiger charge is 2.40. The number of para-hydroxylation sites is 1. The first-order valence-corrected chi connectivity index (χ1v) is 10.1. The fourth-order valence-electron chi connectivity index (χ4n) is 3.53. The number of Topliss-reactive ketones (excluding diaryl/α,β-unsaturated/α-hetero) is 2. The molecule has 1 unspecified atom stereocenters. The van der Waals surface area contributed by atoms with Gasteiger partial charge >= 0.3 is 5.97 Å². The Balaban J connectivity index is 1.98. The highest BCUT2D eigenvalue weighted by Crippen LogP contribution is 2.35. The van der Waals surface area contributed by atoms with E-state index in [0.29, 0.717) is 5.69 Å². The highest BCUT2D eigenvalue weighted by molar-refractivity contribution is 6.77. The molecule has 0 amide bonds. The first-order chi connectivity index (χ1) is 14.0. The molecule has 158 valence electrons. The summed E-state index contributed by atoms with van der Waals surface area (Å²) in [4.78, 5) is 39.5. The molecule has 2 aromatic rings. The molecule has 0 N–H and O–H groups in total. The number of aromatic nitrogens is 1. The van der Waals surface area contributed by atoms with Crippen LogP contribution in [0.15, 0.2) is 53.8 Å². The van der Waals surface area contributed by atoms with Gasteiger partial charge in [-0.25, -0.2) is 4.79 Å². The van der Waals surface area contributed by atoms with Crippen LogP contribution < -0.4 is 0 Å². The number of carbonyl (C=O) groups excluding carboxylic acids is 3. The summed E-state index contributed by atoms with van der Waals surface area (Å²) >= 11 is 17.5. The molecule has 0 saturated carbocycles. The van der Waals surface area contributed by atoms with Gasteiger partial charge in [0, 0.05) is 43.2 Å². The molecule has 9 heteroatoms. The minimum atomic E-state index is -2.23. The Labute approximate surface area is 188 Å². The smallest absolute Gasteiger partial charge is 0.339 e. The number of fused-ring (bicyclic) bond motifs is 1. The van der Waals surface area contributed by atoms with Gasteiger partial charge in [0.2, 0.25) is 5.78 Å². The van der Waals surface area contributed by atoms with Gasteiger partial charge < -0.3 is 14.2 Å². The van der Waals surface area contributed by atoms with E-state index in [1.54, 1.807) is 29.6 Å². The fraction of sp³-hybridized carbons (Fsp3) is 0.286. The van der Waals surface area contributed by atoms with Crippen LogP contribution in [-0.2, 0) is 21.4 Å². The lowest BCUT2D eigenvalue weighted by Crippen LogP contribution is -2.40. The predicted octanol–water partition coefficient (Wildman–Crippen LogP) is 3.99. The number of carbonyl (C=O) groups is 3. The number of nitrogens with zero attached hydrogens (tertiary/aromatic N) is 2. The van der Waals surface area contributed by atoms with Gasteiger partial charge in [0.25, 0.3) is 3.79 Å². The second-order valence-electron chi connectivity index (χ2n) is 6.96. The number of esters is 1. The van der Waals surface area contributed by atoms with E-state index in [2.05, 4.69) is 0 Å². The van der Waals surface area contributed by atoms with E-state index in [-0.39, 0.29) is 23.4 Å². The molecular weight excluding hydrogens is 451 g/mol. The lowest BCUT2D eigenvalue weighted by atomic mass is 9.91. The number of ether oxygens (including phenoxy) is 1. The van der Waals surface area contributed by atoms with Crippen molar-refractivity contribution >= 4 is 63.2 Å². The summed E-state index contributed by atoms with van der Waals surface area (Å²) in [5, 5.41) is 0.932. The molecule has 30 heavy (non-hydrogen) atoms. The third-order valence-corrected chi connectivity index (χ3v) is 5.58. The zero-order valence-electron chi connectivity index (χ0n) is 16.5. The second-order valence-corrected chi connectivity index (χ2v) is 9.24. The van der Waals surface area contributed by atoms with Crippen LogP contribution >= 0.6 is 34.8 Å². The summed E-state index contributed by atoms with van der Waals surface area (Å²) in [6.45, 7) is 0.